The molecule has 0 aromatic heterocycles. The summed E-state index contributed by atoms with van der Waals surface area (Å²) in [7, 11) is 1.57. The van der Waals surface area contributed by atoms with Crippen molar-refractivity contribution in [1.29, 1.82) is 0 Å². The number of unbranched alkanes of at least 4 members (excludes halogenated alkanes) is 1. The molecule has 0 radical (unpaired) electrons. The Kier molecular flexibility index (Phi) is 3.13. The van der Waals surface area contributed by atoms with Gasteiger partial charge in [0.2, 0.25) is 0 Å². The highest BCUT2D eigenvalue weighted by molar-refractivity contribution is 5.97. The molecule has 3 nitrogen and oxygen atoms in total. The van der Waals surface area contributed by atoms with Crippen LogP contribution >= 0.6 is 0 Å². The van der Waals surface area contributed by atoms with Gasteiger partial charge in [0, 0.05) is 5.56 Å². The van der Waals surface area contributed by atoms with Crippen LogP contribution in [0.2, 0.25) is 0 Å². The van der Waals surface area contributed by atoms with E-state index in [4.69, 9.17) is 9.47 Å². The highest BCUT2D eigenvalue weighted by atomic mass is 16.6. The predicted octanol–water partition coefficient (Wildman–Crippen LogP) is 3.10. The molecule has 0 bridgehead atoms. The molecule has 1 atom stereocenters. The number of ether oxygens (including phenoxy) is 2. The van der Waals surface area contributed by atoms with Crippen molar-refractivity contribution in [3.63, 3.8) is 0 Å². The summed E-state index contributed by atoms with van der Waals surface area (Å²) in [6, 6.07) is 5.64. The van der Waals surface area contributed by atoms with Crippen LogP contribution in [0.25, 0.3) is 0 Å². The van der Waals surface area contributed by atoms with Gasteiger partial charge in [0.25, 0.3) is 0 Å². The van der Waals surface area contributed by atoms with E-state index in [1.54, 1.807) is 13.2 Å². The number of hydrogen-bond acceptors (Lipinski definition) is 3. The first kappa shape index (κ1) is 11.0. The zero-order valence-electron chi connectivity index (χ0n) is 9.66. The molecule has 0 saturated carbocycles. The van der Waals surface area contributed by atoms with Crippen LogP contribution in [0.1, 0.15) is 48.2 Å². The molecule has 2 rings (SSSR count). The Balaban J connectivity index is 2.32. The molecule has 0 fully saturated rings. The van der Waals surface area contributed by atoms with Gasteiger partial charge in [-0.05, 0) is 18.9 Å². The summed E-state index contributed by atoms with van der Waals surface area (Å²) in [4.78, 5) is 11.7. The van der Waals surface area contributed by atoms with E-state index in [2.05, 4.69) is 6.92 Å². The lowest BCUT2D eigenvalue weighted by Gasteiger charge is -2.09. The van der Waals surface area contributed by atoms with Crippen molar-refractivity contribution >= 4 is 5.97 Å². The van der Waals surface area contributed by atoms with Gasteiger partial charge in [-0.15, -0.1) is 0 Å². The van der Waals surface area contributed by atoms with Gasteiger partial charge >= 0.3 is 5.97 Å². The first-order valence-corrected chi connectivity index (χ1v) is 5.65. The third kappa shape index (κ3) is 1.77. The Morgan fingerprint density at radius 1 is 1.44 bits per heavy atom. The fourth-order valence-electron chi connectivity index (χ4n) is 2.06. The van der Waals surface area contributed by atoms with Gasteiger partial charge in [0.1, 0.15) is 17.4 Å². The number of carbonyl (C=O) groups excluding carboxylic acids is 1. The standard InChI is InChI=1S/C13H16O3/c1-3-4-7-10-9-6-5-8-11(15-2)12(9)13(14)16-10/h5-6,8,10H,3-4,7H2,1-2H3. The fraction of sp³-hybridized carbons (Fsp3) is 0.462. The minimum atomic E-state index is -0.256. The number of hydrogen-bond donors (Lipinski definition) is 0. The topological polar surface area (TPSA) is 35.5 Å². The van der Waals surface area contributed by atoms with Crippen LogP contribution in [0.15, 0.2) is 18.2 Å². The van der Waals surface area contributed by atoms with E-state index in [0.717, 1.165) is 24.8 Å². The highest BCUT2D eigenvalue weighted by Gasteiger charge is 2.33. The molecule has 1 aliphatic rings. The maximum atomic E-state index is 11.7. The van der Waals surface area contributed by atoms with Gasteiger partial charge in [0.15, 0.2) is 0 Å². The van der Waals surface area contributed by atoms with E-state index in [1.165, 1.54) is 0 Å². The normalized spacial score (nSPS) is 18.1. The number of benzene rings is 1. The van der Waals surface area contributed by atoms with Gasteiger partial charge in [-0.2, -0.15) is 0 Å². The molecular weight excluding hydrogens is 204 g/mol. The monoisotopic (exact) mass is 220 g/mol. The van der Waals surface area contributed by atoms with Crippen molar-refractivity contribution in [2.75, 3.05) is 7.11 Å². The summed E-state index contributed by atoms with van der Waals surface area (Å²) in [5.41, 5.74) is 1.57. The molecule has 1 aromatic carbocycles. The molecule has 0 saturated heterocycles. The Morgan fingerprint density at radius 3 is 2.94 bits per heavy atom. The summed E-state index contributed by atoms with van der Waals surface area (Å²) < 4.78 is 10.5. The third-order valence-electron chi connectivity index (χ3n) is 2.90. The highest BCUT2D eigenvalue weighted by Crippen LogP contribution is 2.38. The van der Waals surface area contributed by atoms with Gasteiger partial charge in [0.05, 0.1) is 7.11 Å². The molecule has 0 spiro atoms. The van der Waals surface area contributed by atoms with Gasteiger partial charge in [-0.3, -0.25) is 0 Å². The summed E-state index contributed by atoms with van der Waals surface area (Å²) in [5.74, 6) is 0.357. The van der Waals surface area contributed by atoms with Crippen LogP contribution < -0.4 is 4.74 Å². The van der Waals surface area contributed by atoms with E-state index in [-0.39, 0.29) is 12.1 Å². The smallest absolute Gasteiger partial charge is 0.342 e. The van der Waals surface area contributed by atoms with E-state index < -0.39 is 0 Å². The maximum Gasteiger partial charge on any atom is 0.342 e. The number of rotatable bonds is 4. The molecular formula is C13H16O3. The quantitative estimate of drug-likeness (QED) is 0.731. The first-order chi connectivity index (χ1) is 7.77. The van der Waals surface area contributed by atoms with Crippen LogP contribution in [-0.2, 0) is 4.74 Å². The molecule has 0 aliphatic carbocycles. The van der Waals surface area contributed by atoms with Crippen molar-refractivity contribution in [2.24, 2.45) is 0 Å². The van der Waals surface area contributed by atoms with Crippen LogP contribution in [0.5, 0.6) is 5.75 Å². The second kappa shape index (κ2) is 4.56. The second-order valence-electron chi connectivity index (χ2n) is 3.96. The maximum absolute atomic E-state index is 11.7. The van der Waals surface area contributed by atoms with E-state index in [0.29, 0.717) is 11.3 Å². The Hall–Kier alpha value is -1.51. The number of carbonyl (C=O) groups is 1. The number of fused-ring (bicyclic) bond motifs is 1. The number of methoxy groups -OCH3 is 1. The van der Waals surface area contributed by atoms with E-state index in [9.17, 15) is 4.79 Å². The van der Waals surface area contributed by atoms with Crippen LogP contribution in [-0.4, -0.2) is 13.1 Å². The molecule has 1 aromatic rings. The van der Waals surface area contributed by atoms with Crippen LogP contribution in [0.4, 0.5) is 0 Å². The summed E-state index contributed by atoms with van der Waals surface area (Å²) in [5, 5.41) is 0. The predicted molar refractivity (Wildman–Crippen MR) is 60.7 cm³/mol. The average Bonchev–Trinajstić information content (AvgIpc) is 2.64. The van der Waals surface area contributed by atoms with Crippen molar-refractivity contribution in [3.05, 3.63) is 29.3 Å². The summed E-state index contributed by atoms with van der Waals surface area (Å²) >= 11 is 0. The molecule has 1 heterocycles. The lowest BCUT2D eigenvalue weighted by Crippen LogP contribution is -1.99. The van der Waals surface area contributed by atoms with E-state index in [1.807, 2.05) is 12.1 Å². The van der Waals surface area contributed by atoms with Crippen LogP contribution in [0.3, 0.4) is 0 Å². The molecule has 1 aliphatic heterocycles. The lowest BCUT2D eigenvalue weighted by molar-refractivity contribution is 0.0362. The number of esters is 1. The van der Waals surface area contributed by atoms with Crippen molar-refractivity contribution in [2.45, 2.75) is 32.3 Å². The molecule has 16 heavy (non-hydrogen) atoms. The SMILES string of the molecule is CCCCC1OC(=O)c2c(OC)cccc21. The van der Waals surface area contributed by atoms with Gasteiger partial charge in [-0.25, -0.2) is 4.79 Å². The largest absolute Gasteiger partial charge is 0.496 e. The first-order valence-electron chi connectivity index (χ1n) is 5.65. The van der Waals surface area contributed by atoms with Gasteiger partial charge in [-0.1, -0.05) is 25.5 Å². The zero-order valence-corrected chi connectivity index (χ0v) is 9.66. The molecule has 3 heteroatoms. The molecule has 0 N–H and O–H groups in total. The lowest BCUT2D eigenvalue weighted by atomic mass is 10.0. The second-order valence-corrected chi connectivity index (χ2v) is 3.96. The summed E-state index contributed by atoms with van der Waals surface area (Å²) in [6.45, 7) is 2.13. The molecule has 0 amide bonds. The minimum absolute atomic E-state index is 0.0856. The van der Waals surface area contributed by atoms with Gasteiger partial charge < -0.3 is 9.47 Å². The third-order valence-corrected chi connectivity index (χ3v) is 2.90. The van der Waals surface area contributed by atoms with E-state index >= 15 is 0 Å². The Labute approximate surface area is 95.4 Å². The Morgan fingerprint density at radius 2 is 2.25 bits per heavy atom. The minimum Gasteiger partial charge on any atom is -0.496 e. The van der Waals surface area contributed by atoms with Crippen LogP contribution in [0, 0.1) is 0 Å². The fourth-order valence-corrected chi connectivity index (χ4v) is 2.06. The van der Waals surface area contributed by atoms with Crippen molar-refractivity contribution in [1.82, 2.24) is 0 Å². The molecule has 86 valence electrons. The number of cyclic esters (lactones) is 1. The Bertz CT molecular complexity index is 398. The molecule has 1 unspecified atom stereocenters. The summed E-state index contributed by atoms with van der Waals surface area (Å²) in [6.07, 6.45) is 2.97. The van der Waals surface area contributed by atoms with Crippen molar-refractivity contribution in [3.8, 4) is 5.75 Å². The van der Waals surface area contributed by atoms with Crippen molar-refractivity contribution < 1.29 is 14.3 Å². The average molecular weight is 220 g/mol. The zero-order chi connectivity index (χ0) is 11.5.